The molecular formula is C16H15NO2S. The van der Waals surface area contributed by atoms with Gasteiger partial charge in [0.1, 0.15) is 0 Å². The summed E-state index contributed by atoms with van der Waals surface area (Å²) in [7, 11) is 0. The molecule has 3 nitrogen and oxygen atoms in total. The Hall–Kier alpha value is -1.78. The molecule has 0 saturated heterocycles. The van der Waals surface area contributed by atoms with Crippen LogP contribution < -0.4 is 5.32 Å². The average molecular weight is 285 g/mol. The number of anilines is 1. The molecule has 1 aliphatic rings. The molecule has 0 spiro atoms. The van der Waals surface area contributed by atoms with Gasteiger partial charge in [-0.25, -0.2) is 0 Å². The Kier molecular flexibility index (Phi) is 3.76. The number of aliphatic hydroxyl groups is 1. The standard InChI is InChI=1S/C16H15NO2S/c18-10-12-15(11-6-2-1-3-7-11)20-14-9-5-4-8-13(14)17-16(12)19/h1-9,12,15,18H,10H2,(H,17,19). The monoisotopic (exact) mass is 285 g/mol. The lowest BCUT2D eigenvalue weighted by molar-refractivity contribution is -0.121. The van der Waals surface area contributed by atoms with Gasteiger partial charge in [-0.2, -0.15) is 0 Å². The number of hydrogen-bond donors (Lipinski definition) is 2. The van der Waals surface area contributed by atoms with Gasteiger partial charge in [-0.3, -0.25) is 4.79 Å². The summed E-state index contributed by atoms with van der Waals surface area (Å²) in [6.07, 6.45) is 0. The number of fused-ring (bicyclic) bond motifs is 1. The van der Waals surface area contributed by atoms with Gasteiger partial charge in [0.05, 0.1) is 18.2 Å². The molecule has 20 heavy (non-hydrogen) atoms. The number of hydrogen-bond acceptors (Lipinski definition) is 3. The highest BCUT2D eigenvalue weighted by Crippen LogP contribution is 2.45. The van der Waals surface area contributed by atoms with Gasteiger partial charge >= 0.3 is 0 Å². The van der Waals surface area contributed by atoms with Crippen molar-refractivity contribution in [2.45, 2.75) is 10.1 Å². The molecule has 0 radical (unpaired) electrons. The Bertz CT molecular complexity index is 615. The summed E-state index contributed by atoms with van der Waals surface area (Å²) < 4.78 is 0. The van der Waals surface area contributed by atoms with E-state index >= 15 is 0 Å². The summed E-state index contributed by atoms with van der Waals surface area (Å²) in [4.78, 5) is 13.3. The van der Waals surface area contributed by atoms with Crippen molar-refractivity contribution in [2.24, 2.45) is 5.92 Å². The van der Waals surface area contributed by atoms with E-state index in [4.69, 9.17) is 0 Å². The maximum absolute atomic E-state index is 12.3. The van der Waals surface area contributed by atoms with Crippen LogP contribution in [0.2, 0.25) is 0 Å². The molecule has 2 aromatic carbocycles. The Morgan fingerprint density at radius 3 is 2.50 bits per heavy atom. The van der Waals surface area contributed by atoms with Crippen molar-refractivity contribution in [2.75, 3.05) is 11.9 Å². The maximum Gasteiger partial charge on any atom is 0.231 e. The molecule has 4 heteroatoms. The zero-order valence-corrected chi connectivity index (χ0v) is 11.6. The van der Waals surface area contributed by atoms with Crippen molar-refractivity contribution in [3.63, 3.8) is 0 Å². The fraction of sp³-hybridized carbons (Fsp3) is 0.188. The Labute approximate surface area is 122 Å². The van der Waals surface area contributed by atoms with E-state index in [9.17, 15) is 9.90 Å². The lowest BCUT2D eigenvalue weighted by Gasteiger charge is -2.21. The number of rotatable bonds is 2. The third-order valence-electron chi connectivity index (χ3n) is 3.43. The SMILES string of the molecule is O=C1Nc2ccccc2SC(c2ccccc2)C1CO. The Balaban J connectivity index is 2.05. The molecule has 1 heterocycles. The molecule has 0 fully saturated rings. The molecule has 2 N–H and O–H groups in total. The Morgan fingerprint density at radius 1 is 1.05 bits per heavy atom. The number of para-hydroxylation sites is 1. The summed E-state index contributed by atoms with van der Waals surface area (Å²) >= 11 is 1.62. The van der Waals surface area contributed by atoms with E-state index in [1.165, 1.54) is 0 Å². The smallest absolute Gasteiger partial charge is 0.231 e. The molecule has 2 unspecified atom stereocenters. The van der Waals surface area contributed by atoms with Crippen LogP contribution in [0.5, 0.6) is 0 Å². The van der Waals surface area contributed by atoms with Gasteiger partial charge in [0.2, 0.25) is 5.91 Å². The van der Waals surface area contributed by atoms with Crippen molar-refractivity contribution in [3.8, 4) is 0 Å². The molecule has 0 aliphatic carbocycles. The van der Waals surface area contributed by atoms with E-state index in [1.807, 2.05) is 54.6 Å². The van der Waals surface area contributed by atoms with Crippen LogP contribution in [0.25, 0.3) is 0 Å². The molecule has 0 bridgehead atoms. The minimum absolute atomic E-state index is 0.0788. The van der Waals surface area contributed by atoms with Crippen molar-refractivity contribution in [1.82, 2.24) is 0 Å². The lowest BCUT2D eigenvalue weighted by atomic mass is 9.98. The highest BCUT2D eigenvalue weighted by molar-refractivity contribution is 7.99. The summed E-state index contributed by atoms with van der Waals surface area (Å²) in [5, 5.41) is 12.4. The van der Waals surface area contributed by atoms with Gasteiger partial charge in [0, 0.05) is 10.1 Å². The zero-order chi connectivity index (χ0) is 13.9. The van der Waals surface area contributed by atoms with Crippen LogP contribution >= 0.6 is 11.8 Å². The van der Waals surface area contributed by atoms with E-state index in [-0.39, 0.29) is 17.8 Å². The molecular weight excluding hydrogens is 270 g/mol. The Morgan fingerprint density at radius 2 is 1.75 bits per heavy atom. The first kappa shape index (κ1) is 13.2. The highest BCUT2D eigenvalue weighted by Gasteiger charge is 2.33. The van der Waals surface area contributed by atoms with Crippen LogP contribution in [-0.2, 0) is 4.79 Å². The lowest BCUT2D eigenvalue weighted by Crippen LogP contribution is -2.28. The van der Waals surface area contributed by atoms with Gasteiger partial charge in [-0.05, 0) is 17.7 Å². The predicted octanol–water partition coefficient (Wildman–Crippen LogP) is 3.08. The second kappa shape index (κ2) is 5.69. The van der Waals surface area contributed by atoms with Gasteiger partial charge in [-0.1, -0.05) is 42.5 Å². The third kappa shape index (κ3) is 2.44. The second-order valence-corrected chi connectivity index (χ2v) is 5.91. The van der Waals surface area contributed by atoms with E-state index in [0.717, 1.165) is 16.1 Å². The van der Waals surface area contributed by atoms with Crippen LogP contribution in [0, 0.1) is 5.92 Å². The van der Waals surface area contributed by atoms with Crippen molar-refractivity contribution in [3.05, 3.63) is 60.2 Å². The normalized spacial score (nSPS) is 21.8. The number of thioether (sulfide) groups is 1. The minimum atomic E-state index is -0.449. The maximum atomic E-state index is 12.3. The number of nitrogens with one attached hydrogen (secondary N) is 1. The molecule has 3 rings (SSSR count). The molecule has 2 atom stereocenters. The van der Waals surface area contributed by atoms with E-state index in [1.54, 1.807) is 11.8 Å². The highest BCUT2D eigenvalue weighted by atomic mass is 32.2. The van der Waals surface area contributed by atoms with E-state index in [0.29, 0.717) is 0 Å². The van der Waals surface area contributed by atoms with E-state index in [2.05, 4.69) is 5.32 Å². The molecule has 1 aliphatic heterocycles. The first-order valence-electron chi connectivity index (χ1n) is 6.52. The number of amides is 1. The van der Waals surface area contributed by atoms with Gasteiger partial charge in [0.25, 0.3) is 0 Å². The number of carbonyl (C=O) groups excluding carboxylic acids is 1. The third-order valence-corrected chi connectivity index (χ3v) is 4.89. The first-order valence-corrected chi connectivity index (χ1v) is 7.40. The summed E-state index contributed by atoms with van der Waals surface area (Å²) in [6.45, 7) is -0.160. The zero-order valence-electron chi connectivity index (χ0n) is 10.8. The molecule has 0 saturated carbocycles. The summed E-state index contributed by atoms with van der Waals surface area (Å²) in [5.41, 5.74) is 1.88. The molecule has 2 aromatic rings. The van der Waals surface area contributed by atoms with Crippen molar-refractivity contribution >= 4 is 23.4 Å². The summed E-state index contributed by atoms with van der Waals surface area (Å²) in [6, 6.07) is 17.6. The van der Waals surface area contributed by atoms with E-state index < -0.39 is 5.92 Å². The largest absolute Gasteiger partial charge is 0.395 e. The molecule has 102 valence electrons. The van der Waals surface area contributed by atoms with Gasteiger partial charge in [0.15, 0.2) is 0 Å². The van der Waals surface area contributed by atoms with Crippen LogP contribution in [0.4, 0.5) is 5.69 Å². The first-order chi connectivity index (χ1) is 9.79. The quantitative estimate of drug-likeness (QED) is 0.891. The summed E-state index contributed by atoms with van der Waals surface area (Å²) in [5.74, 6) is -0.575. The number of aliphatic hydroxyl groups excluding tert-OH is 1. The number of carbonyl (C=O) groups is 1. The fourth-order valence-electron chi connectivity index (χ4n) is 2.38. The van der Waals surface area contributed by atoms with Crippen LogP contribution in [-0.4, -0.2) is 17.6 Å². The van der Waals surface area contributed by atoms with Gasteiger partial charge < -0.3 is 10.4 Å². The molecule has 1 amide bonds. The van der Waals surface area contributed by atoms with Crippen LogP contribution in [0.3, 0.4) is 0 Å². The average Bonchev–Trinajstić information content (AvgIpc) is 2.63. The van der Waals surface area contributed by atoms with Crippen molar-refractivity contribution < 1.29 is 9.90 Å². The van der Waals surface area contributed by atoms with Crippen molar-refractivity contribution in [1.29, 1.82) is 0 Å². The van der Waals surface area contributed by atoms with Gasteiger partial charge in [-0.15, -0.1) is 11.8 Å². The van der Waals surface area contributed by atoms with Crippen LogP contribution in [0.15, 0.2) is 59.5 Å². The van der Waals surface area contributed by atoms with Crippen LogP contribution in [0.1, 0.15) is 10.8 Å². The topological polar surface area (TPSA) is 49.3 Å². The molecule has 0 aromatic heterocycles. The second-order valence-electron chi connectivity index (χ2n) is 4.72. The fourth-order valence-corrected chi connectivity index (χ4v) is 3.72. The predicted molar refractivity (Wildman–Crippen MR) is 80.7 cm³/mol. The minimum Gasteiger partial charge on any atom is -0.395 e. The number of benzene rings is 2.